The predicted octanol–water partition coefficient (Wildman–Crippen LogP) is 3.11. The lowest BCUT2D eigenvalue weighted by Crippen LogP contribution is -2.43. The Bertz CT molecular complexity index is 518. The summed E-state index contributed by atoms with van der Waals surface area (Å²) in [6.07, 6.45) is 8.25. The minimum atomic E-state index is -0.198. The second-order valence-corrected chi connectivity index (χ2v) is 7.00. The van der Waals surface area contributed by atoms with Gasteiger partial charge >= 0.3 is 6.03 Å². The van der Waals surface area contributed by atoms with Crippen molar-refractivity contribution < 1.29 is 14.6 Å². The molecule has 24 heavy (non-hydrogen) atoms. The average molecular weight is 332 g/mol. The monoisotopic (exact) mass is 332 g/mol. The van der Waals surface area contributed by atoms with E-state index in [4.69, 9.17) is 4.74 Å². The van der Waals surface area contributed by atoms with Gasteiger partial charge in [-0.05, 0) is 69.1 Å². The maximum absolute atomic E-state index is 12.0. The zero-order valence-electron chi connectivity index (χ0n) is 14.2. The molecule has 2 aliphatic rings. The van der Waals surface area contributed by atoms with Crippen LogP contribution in [0.5, 0.6) is 5.75 Å². The Balaban J connectivity index is 1.38. The third-order valence-electron chi connectivity index (χ3n) is 5.01. The highest BCUT2D eigenvalue weighted by Gasteiger charge is 2.20. The molecule has 0 aromatic heterocycles. The molecular weight excluding hydrogens is 304 g/mol. The van der Waals surface area contributed by atoms with Gasteiger partial charge in [-0.25, -0.2) is 4.79 Å². The van der Waals surface area contributed by atoms with Crippen LogP contribution in [-0.4, -0.2) is 29.4 Å². The van der Waals surface area contributed by atoms with Gasteiger partial charge in [-0.1, -0.05) is 12.1 Å². The predicted molar refractivity (Wildman–Crippen MR) is 93.0 cm³/mol. The topological polar surface area (TPSA) is 70.6 Å². The van der Waals surface area contributed by atoms with Crippen LogP contribution in [0.25, 0.3) is 0 Å². The van der Waals surface area contributed by atoms with Gasteiger partial charge in [0.25, 0.3) is 0 Å². The summed E-state index contributed by atoms with van der Waals surface area (Å²) >= 11 is 0. The van der Waals surface area contributed by atoms with E-state index in [0.29, 0.717) is 12.6 Å². The SMILES string of the molecule is O=C(NCc1ccc(OC2CCCC2)cc1)NC1CCC(O)CC1. The second-order valence-electron chi connectivity index (χ2n) is 7.00. The van der Waals surface area contributed by atoms with Crippen molar-refractivity contribution in [3.05, 3.63) is 29.8 Å². The first-order valence-corrected chi connectivity index (χ1v) is 9.17. The summed E-state index contributed by atoms with van der Waals surface area (Å²) in [5.74, 6) is 0.913. The molecule has 132 valence electrons. The molecule has 0 saturated heterocycles. The summed E-state index contributed by atoms with van der Waals surface area (Å²) in [4.78, 5) is 12.0. The van der Waals surface area contributed by atoms with E-state index in [2.05, 4.69) is 10.6 Å². The maximum Gasteiger partial charge on any atom is 0.315 e. The molecule has 0 atom stereocenters. The fourth-order valence-corrected chi connectivity index (χ4v) is 3.52. The van der Waals surface area contributed by atoms with Gasteiger partial charge in [-0.3, -0.25) is 0 Å². The lowest BCUT2D eigenvalue weighted by atomic mass is 9.93. The number of hydrogen-bond acceptors (Lipinski definition) is 3. The van der Waals surface area contributed by atoms with E-state index in [1.54, 1.807) is 0 Å². The highest BCUT2D eigenvalue weighted by molar-refractivity contribution is 5.74. The lowest BCUT2D eigenvalue weighted by molar-refractivity contribution is 0.117. The third-order valence-corrected chi connectivity index (χ3v) is 5.01. The third kappa shape index (κ3) is 5.13. The number of hydrogen-bond donors (Lipinski definition) is 3. The van der Waals surface area contributed by atoms with Crippen molar-refractivity contribution in [2.45, 2.75) is 76.2 Å². The van der Waals surface area contributed by atoms with Gasteiger partial charge in [-0.2, -0.15) is 0 Å². The number of carbonyl (C=O) groups excluding carboxylic acids is 1. The minimum absolute atomic E-state index is 0.136. The number of benzene rings is 1. The Morgan fingerprint density at radius 2 is 1.71 bits per heavy atom. The van der Waals surface area contributed by atoms with Crippen molar-refractivity contribution >= 4 is 6.03 Å². The zero-order valence-corrected chi connectivity index (χ0v) is 14.2. The Hall–Kier alpha value is -1.75. The van der Waals surface area contributed by atoms with Crippen molar-refractivity contribution in [2.24, 2.45) is 0 Å². The highest BCUT2D eigenvalue weighted by Crippen LogP contribution is 2.24. The number of aliphatic hydroxyl groups excluding tert-OH is 1. The molecule has 3 rings (SSSR count). The van der Waals surface area contributed by atoms with Crippen molar-refractivity contribution in [3.63, 3.8) is 0 Å². The molecule has 0 radical (unpaired) electrons. The van der Waals surface area contributed by atoms with Crippen molar-refractivity contribution in [2.75, 3.05) is 0 Å². The highest BCUT2D eigenvalue weighted by atomic mass is 16.5. The Morgan fingerprint density at radius 3 is 2.38 bits per heavy atom. The van der Waals surface area contributed by atoms with Crippen LogP contribution in [0.4, 0.5) is 4.79 Å². The Kier molecular flexibility index (Phi) is 5.96. The van der Waals surface area contributed by atoms with Crippen LogP contribution in [0, 0.1) is 0 Å². The molecule has 5 nitrogen and oxygen atoms in total. The van der Waals surface area contributed by atoms with Crippen molar-refractivity contribution in [3.8, 4) is 5.75 Å². The first-order valence-electron chi connectivity index (χ1n) is 9.17. The summed E-state index contributed by atoms with van der Waals surface area (Å²) in [7, 11) is 0. The van der Waals surface area contributed by atoms with Crippen LogP contribution < -0.4 is 15.4 Å². The Labute approximate surface area is 143 Å². The van der Waals surface area contributed by atoms with E-state index in [0.717, 1.165) is 49.8 Å². The molecular formula is C19H28N2O3. The molecule has 1 aromatic rings. The maximum atomic E-state index is 12.0. The quantitative estimate of drug-likeness (QED) is 0.776. The van der Waals surface area contributed by atoms with E-state index in [1.807, 2.05) is 24.3 Å². The van der Waals surface area contributed by atoms with E-state index >= 15 is 0 Å². The van der Waals surface area contributed by atoms with Crippen LogP contribution in [0.15, 0.2) is 24.3 Å². The normalized spacial score (nSPS) is 24.5. The van der Waals surface area contributed by atoms with E-state index in [9.17, 15) is 9.90 Å². The number of ether oxygens (including phenoxy) is 1. The average Bonchev–Trinajstić information content (AvgIpc) is 3.09. The number of urea groups is 1. The van der Waals surface area contributed by atoms with Gasteiger partial charge in [-0.15, -0.1) is 0 Å². The van der Waals surface area contributed by atoms with E-state index < -0.39 is 0 Å². The van der Waals surface area contributed by atoms with Gasteiger partial charge < -0.3 is 20.5 Å². The number of aliphatic hydroxyl groups is 1. The second kappa shape index (κ2) is 8.38. The smallest absolute Gasteiger partial charge is 0.315 e. The van der Waals surface area contributed by atoms with Crippen molar-refractivity contribution in [1.29, 1.82) is 0 Å². The molecule has 0 spiro atoms. The summed E-state index contributed by atoms with van der Waals surface area (Å²) in [6, 6.07) is 8.01. The van der Waals surface area contributed by atoms with Crippen molar-refractivity contribution in [1.82, 2.24) is 10.6 Å². The number of rotatable bonds is 5. The minimum Gasteiger partial charge on any atom is -0.490 e. The summed E-state index contributed by atoms with van der Waals surface area (Å²) < 4.78 is 5.94. The fourth-order valence-electron chi connectivity index (χ4n) is 3.52. The van der Waals surface area contributed by atoms with E-state index in [-0.39, 0.29) is 18.2 Å². The van der Waals surface area contributed by atoms with Gasteiger partial charge in [0, 0.05) is 12.6 Å². The zero-order chi connectivity index (χ0) is 16.8. The van der Waals surface area contributed by atoms with Crippen LogP contribution in [0.1, 0.15) is 56.9 Å². The fraction of sp³-hybridized carbons (Fsp3) is 0.632. The van der Waals surface area contributed by atoms with Gasteiger partial charge in [0.05, 0.1) is 12.2 Å². The number of amides is 2. The molecule has 2 amide bonds. The standard InChI is InChI=1S/C19H28N2O3/c22-16-9-7-15(8-10-16)21-19(23)20-13-14-5-11-18(12-6-14)24-17-3-1-2-4-17/h5-6,11-12,15-17,22H,1-4,7-10,13H2,(H2,20,21,23). The van der Waals surface area contributed by atoms with Crippen LogP contribution in [0.3, 0.4) is 0 Å². The lowest BCUT2D eigenvalue weighted by Gasteiger charge is -2.26. The molecule has 2 saturated carbocycles. The van der Waals surface area contributed by atoms with E-state index in [1.165, 1.54) is 12.8 Å². The molecule has 5 heteroatoms. The van der Waals surface area contributed by atoms with Crippen LogP contribution in [-0.2, 0) is 6.54 Å². The van der Waals surface area contributed by atoms with Crippen LogP contribution >= 0.6 is 0 Å². The largest absolute Gasteiger partial charge is 0.490 e. The van der Waals surface area contributed by atoms with Gasteiger partial charge in [0.15, 0.2) is 0 Å². The molecule has 0 unspecified atom stereocenters. The molecule has 1 aromatic carbocycles. The first-order chi connectivity index (χ1) is 11.7. The molecule has 0 aliphatic heterocycles. The Morgan fingerprint density at radius 1 is 1.04 bits per heavy atom. The molecule has 3 N–H and O–H groups in total. The molecule has 2 aliphatic carbocycles. The first kappa shape index (κ1) is 17.1. The number of nitrogens with one attached hydrogen (secondary N) is 2. The number of carbonyl (C=O) groups is 1. The summed E-state index contributed by atoms with van der Waals surface area (Å²) in [5.41, 5.74) is 1.06. The van der Waals surface area contributed by atoms with Crippen LogP contribution in [0.2, 0.25) is 0 Å². The molecule has 2 fully saturated rings. The molecule has 0 bridgehead atoms. The summed E-state index contributed by atoms with van der Waals surface area (Å²) in [6.45, 7) is 0.505. The van der Waals surface area contributed by atoms with Gasteiger partial charge in [0.1, 0.15) is 5.75 Å². The molecule has 0 heterocycles. The van der Waals surface area contributed by atoms with Gasteiger partial charge in [0.2, 0.25) is 0 Å². The summed E-state index contributed by atoms with van der Waals surface area (Å²) in [5, 5.41) is 15.4.